The van der Waals surface area contributed by atoms with Crippen molar-refractivity contribution in [1.82, 2.24) is 10.3 Å². The summed E-state index contributed by atoms with van der Waals surface area (Å²) in [5, 5.41) is 4.19. The third kappa shape index (κ3) is 1.45. The van der Waals surface area contributed by atoms with Crippen LogP contribution in [0, 0.1) is 5.82 Å². The molecule has 1 aromatic heterocycles. The molecule has 0 aliphatic heterocycles. The van der Waals surface area contributed by atoms with Gasteiger partial charge >= 0.3 is 0 Å². The van der Waals surface area contributed by atoms with E-state index < -0.39 is 0 Å². The Balaban J connectivity index is 2.06. The van der Waals surface area contributed by atoms with Gasteiger partial charge in [-0.3, -0.25) is 0 Å². The Morgan fingerprint density at radius 1 is 1.50 bits per heavy atom. The van der Waals surface area contributed by atoms with Crippen molar-refractivity contribution in [1.29, 1.82) is 0 Å². The standard InChI is InChI=1S/C12H11FN2S/c1-14-6-11-15-12-9-3-2-8(13)4-7(9)5-10(12)16-11/h2-4,14H,5-6H2,1H3. The first-order chi connectivity index (χ1) is 7.78. The lowest BCUT2D eigenvalue weighted by Gasteiger charge is -1.99. The van der Waals surface area contributed by atoms with E-state index in [4.69, 9.17) is 0 Å². The highest BCUT2D eigenvalue weighted by Crippen LogP contribution is 2.39. The van der Waals surface area contributed by atoms with Gasteiger partial charge in [-0.05, 0) is 30.8 Å². The van der Waals surface area contributed by atoms with Gasteiger partial charge in [-0.15, -0.1) is 11.3 Å². The van der Waals surface area contributed by atoms with Gasteiger partial charge in [0.05, 0.1) is 5.69 Å². The number of benzene rings is 1. The van der Waals surface area contributed by atoms with Crippen LogP contribution in [0.2, 0.25) is 0 Å². The Morgan fingerprint density at radius 2 is 2.38 bits per heavy atom. The number of fused-ring (bicyclic) bond motifs is 3. The molecule has 0 saturated carbocycles. The van der Waals surface area contributed by atoms with E-state index in [0.29, 0.717) is 0 Å². The molecule has 0 amide bonds. The monoisotopic (exact) mass is 234 g/mol. The highest BCUT2D eigenvalue weighted by molar-refractivity contribution is 7.12. The fourth-order valence-electron chi connectivity index (χ4n) is 2.07. The first-order valence-electron chi connectivity index (χ1n) is 5.20. The minimum absolute atomic E-state index is 0.163. The van der Waals surface area contributed by atoms with Gasteiger partial charge in [0.2, 0.25) is 0 Å². The van der Waals surface area contributed by atoms with E-state index >= 15 is 0 Å². The van der Waals surface area contributed by atoms with Crippen molar-refractivity contribution in [3.05, 3.63) is 39.5 Å². The molecule has 1 heterocycles. The molecule has 3 rings (SSSR count). The Kier molecular flexibility index (Phi) is 2.26. The molecule has 4 heteroatoms. The van der Waals surface area contributed by atoms with Gasteiger partial charge in [0.15, 0.2) is 0 Å². The van der Waals surface area contributed by atoms with Gasteiger partial charge in [0.25, 0.3) is 0 Å². The van der Waals surface area contributed by atoms with E-state index in [0.717, 1.165) is 34.8 Å². The molecular formula is C12H11FN2S. The minimum Gasteiger partial charge on any atom is -0.314 e. The molecule has 1 N–H and O–H groups in total. The van der Waals surface area contributed by atoms with Crippen molar-refractivity contribution in [2.45, 2.75) is 13.0 Å². The van der Waals surface area contributed by atoms with Crippen LogP contribution in [0.3, 0.4) is 0 Å². The number of thiazole rings is 1. The molecule has 0 spiro atoms. The average molecular weight is 234 g/mol. The number of halogens is 1. The molecule has 1 aromatic carbocycles. The zero-order chi connectivity index (χ0) is 11.1. The first-order valence-corrected chi connectivity index (χ1v) is 6.01. The summed E-state index contributed by atoms with van der Waals surface area (Å²) in [4.78, 5) is 5.84. The van der Waals surface area contributed by atoms with Crippen molar-refractivity contribution in [3.63, 3.8) is 0 Å². The number of nitrogens with one attached hydrogen (secondary N) is 1. The molecule has 2 aromatic rings. The van der Waals surface area contributed by atoms with Gasteiger partial charge in [0.1, 0.15) is 10.8 Å². The van der Waals surface area contributed by atoms with E-state index in [9.17, 15) is 4.39 Å². The maximum atomic E-state index is 13.1. The van der Waals surface area contributed by atoms with Crippen molar-refractivity contribution in [3.8, 4) is 11.3 Å². The zero-order valence-electron chi connectivity index (χ0n) is 8.88. The van der Waals surface area contributed by atoms with Crippen molar-refractivity contribution in [2.24, 2.45) is 0 Å². The fourth-order valence-corrected chi connectivity index (χ4v) is 3.19. The molecular weight excluding hydrogens is 223 g/mol. The minimum atomic E-state index is -0.163. The van der Waals surface area contributed by atoms with Crippen molar-refractivity contribution >= 4 is 11.3 Å². The number of rotatable bonds is 2. The van der Waals surface area contributed by atoms with E-state index in [2.05, 4.69) is 10.3 Å². The third-order valence-corrected chi connectivity index (χ3v) is 3.80. The quantitative estimate of drug-likeness (QED) is 0.737. The molecule has 0 radical (unpaired) electrons. The predicted octanol–water partition coefficient (Wildman–Crippen LogP) is 2.57. The number of aromatic nitrogens is 1. The van der Waals surface area contributed by atoms with Crippen LogP contribution in [0.15, 0.2) is 18.2 Å². The second-order valence-electron chi connectivity index (χ2n) is 3.89. The predicted molar refractivity (Wildman–Crippen MR) is 63.1 cm³/mol. The lowest BCUT2D eigenvalue weighted by Crippen LogP contribution is -2.04. The SMILES string of the molecule is CNCc1nc2c(s1)Cc1cc(F)ccc1-2. The molecule has 0 saturated heterocycles. The second kappa shape index (κ2) is 3.64. The lowest BCUT2D eigenvalue weighted by molar-refractivity contribution is 0.626. The van der Waals surface area contributed by atoms with Gasteiger partial charge in [-0.2, -0.15) is 0 Å². The van der Waals surface area contributed by atoms with Crippen LogP contribution < -0.4 is 5.32 Å². The zero-order valence-corrected chi connectivity index (χ0v) is 9.70. The van der Waals surface area contributed by atoms with Gasteiger partial charge in [-0.25, -0.2) is 9.37 Å². The van der Waals surface area contributed by atoms with Gasteiger partial charge < -0.3 is 5.32 Å². The Hall–Kier alpha value is -1.26. The molecule has 0 bridgehead atoms. The van der Waals surface area contributed by atoms with Crippen LogP contribution in [-0.2, 0) is 13.0 Å². The molecule has 82 valence electrons. The summed E-state index contributed by atoms with van der Waals surface area (Å²) < 4.78 is 13.1. The highest BCUT2D eigenvalue weighted by atomic mass is 32.1. The van der Waals surface area contributed by atoms with Crippen LogP contribution >= 0.6 is 11.3 Å². The van der Waals surface area contributed by atoms with Gasteiger partial charge in [0, 0.05) is 23.4 Å². The summed E-state index contributed by atoms with van der Waals surface area (Å²) >= 11 is 1.71. The average Bonchev–Trinajstić information content (AvgIpc) is 2.74. The molecule has 0 fully saturated rings. The Labute approximate surface area is 97.2 Å². The third-order valence-electron chi connectivity index (χ3n) is 2.74. The summed E-state index contributed by atoms with van der Waals surface area (Å²) in [5.41, 5.74) is 3.20. The molecule has 0 atom stereocenters. The molecule has 1 aliphatic rings. The molecule has 1 aliphatic carbocycles. The smallest absolute Gasteiger partial charge is 0.123 e. The topological polar surface area (TPSA) is 24.9 Å². The maximum Gasteiger partial charge on any atom is 0.123 e. The molecule has 16 heavy (non-hydrogen) atoms. The Bertz CT molecular complexity index is 548. The first kappa shape index (κ1) is 9.93. The van der Waals surface area contributed by atoms with Crippen molar-refractivity contribution in [2.75, 3.05) is 7.05 Å². The van der Waals surface area contributed by atoms with Crippen LogP contribution in [0.1, 0.15) is 15.4 Å². The largest absolute Gasteiger partial charge is 0.314 e. The van der Waals surface area contributed by atoms with E-state index in [-0.39, 0.29) is 5.82 Å². The van der Waals surface area contributed by atoms with Crippen molar-refractivity contribution < 1.29 is 4.39 Å². The normalized spacial score (nSPS) is 12.6. The molecule has 0 unspecified atom stereocenters. The van der Waals surface area contributed by atoms with E-state index in [1.54, 1.807) is 17.4 Å². The summed E-state index contributed by atoms with van der Waals surface area (Å²) in [6.45, 7) is 0.800. The summed E-state index contributed by atoms with van der Waals surface area (Å²) in [7, 11) is 1.91. The fraction of sp³-hybridized carbons (Fsp3) is 0.250. The second-order valence-corrected chi connectivity index (χ2v) is 5.06. The molecule has 2 nitrogen and oxygen atoms in total. The maximum absolute atomic E-state index is 13.1. The number of hydrogen-bond acceptors (Lipinski definition) is 3. The van der Waals surface area contributed by atoms with E-state index in [1.807, 2.05) is 13.1 Å². The van der Waals surface area contributed by atoms with E-state index in [1.165, 1.54) is 10.9 Å². The summed E-state index contributed by atoms with van der Waals surface area (Å²) in [6, 6.07) is 4.95. The number of hydrogen-bond donors (Lipinski definition) is 1. The van der Waals surface area contributed by atoms with Crippen LogP contribution in [0.4, 0.5) is 4.39 Å². The summed E-state index contributed by atoms with van der Waals surface area (Å²) in [6.07, 6.45) is 0.823. The van der Waals surface area contributed by atoms with Crippen LogP contribution in [0.5, 0.6) is 0 Å². The van der Waals surface area contributed by atoms with Gasteiger partial charge in [-0.1, -0.05) is 0 Å². The van der Waals surface area contributed by atoms with Crippen LogP contribution in [-0.4, -0.2) is 12.0 Å². The summed E-state index contributed by atoms with van der Waals surface area (Å²) in [5.74, 6) is -0.163. The highest BCUT2D eigenvalue weighted by Gasteiger charge is 2.23. The lowest BCUT2D eigenvalue weighted by atomic mass is 10.1. The van der Waals surface area contributed by atoms with Crippen LogP contribution in [0.25, 0.3) is 11.3 Å². The number of nitrogens with zero attached hydrogens (tertiary/aromatic N) is 1. The Morgan fingerprint density at radius 3 is 3.19 bits per heavy atom.